The molecule has 0 aromatic heterocycles. The van der Waals surface area contributed by atoms with E-state index in [1.54, 1.807) is 7.05 Å². The summed E-state index contributed by atoms with van der Waals surface area (Å²) in [6.45, 7) is 2.61. The molecule has 1 aliphatic carbocycles. The average molecular weight is 279 g/mol. The highest BCUT2D eigenvalue weighted by atomic mass is 35.5. The predicted octanol–water partition coefficient (Wildman–Crippen LogP) is 0.866. The van der Waals surface area contributed by atoms with Crippen molar-refractivity contribution in [1.29, 1.82) is 0 Å². The quantitative estimate of drug-likeness (QED) is 0.732. The van der Waals surface area contributed by atoms with Gasteiger partial charge in [-0.25, -0.2) is 0 Å². The minimum Gasteiger partial charge on any atom is -0.466 e. The molecule has 0 spiro atoms. The molecule has 18 heavy (non-hydrogen) atoms. The van der Waals surface area contributed by atoms with Crippen LogP contribution in [0.3, 0.4) is 0 Å². The number of hydrogen-bond donors (Lipinski definition) is 2. The SMILES string of the molecule is CCOC(=O)C1CCC(NC(=O)CNC)CC1.Cl. The largest absolute Gasteiger partial charge is 0.466 e. The maximum absolute atomic E-state index is 11.5. The molecule has 0 aromatic carbocycles. The molecule has 1 amide bonds. The Labute approximate surface area is 114 Å². The van der Waals surface area contributed by atoms with E-state index >= 15 is 0 Å². The Balaban J connectivity index is 0.00000289. The number of nitrogens with one attached hydrogen (secondary N) is 2. The van der Waals surface area contributed by atoms with E-state index in [-0.39, 0.29) is 36.2 Å². The highest BCUT2D eigenvalue weighted by Crippen LogP contribution is 2.25. The first kappa shape index (κ1) is 17.2. The van der Waals surface area contributed by atoms with Crippen LogP contribution in [-0.2, 0) is 14.3 Å². The highest BCUT2D eigenvalue weighted by molar-refractivity contribution is 5.85. The average Bonchev–Trinajstić information content (AvgIpc) is 2.30. The Morgan fingerprint density at radius 3 is 2.33 bits per heavy atom. The van der Waals surface area contributed by atoms with Crippen molar-refractivity contribution in [1.82, 2.24) is 10.6 Å². The van der Waals surface area contributed by atoms with E-state index in [0.717, 1.165) is 25.7 Å². The number of hydrogen-bond acceptors (Lipinski definition) is 4. The molecule has 106 valence electrons. The molecule has 0 unspecified atom stereocenters. The number of esters is 1. The fourth-order valence-corrected chi connectivity index (χ4v) is 2.17. The molecule has 1 fully saturated rings. The van der Waals surface area contributed by atoms with Crippen LogP contribution in [-0.4, -0.2) is 38.1 Å². The van der Waals surface area contributed by atoms with Crippen LogP contribution in [0.5, 0.6) is 0 Å². The number of carbonyl (C=O) groups excluding carboxylic acids is 2. The molecule has 0 heterocycles. The molecule has 1 saturated carbocycles. The molecule has 6 heteroatoms. The van der Waals surface area contributed by atoms with Gasteiger partial charge in [-0.2, -0.15) is 0 Å². The van der Waals surface area contributed by atoms with Gasteiger partial charge in [-0.05, 0) is 39.7 Å². The first-order valence-electron chi connectivity index (χ1n) is 6.28. The lowest BCUT2D eigenvalue weighted by Gasteiger charge is -2.27. The molecule has 1 aliphatic rings. The van der Waals surface area contributed by atoms with Crippen LogP contribution >= 0.6 is 12.4 Å². The second kappa shape index (κ2) is 9.16. The van der Waals surface area contributed by atoms with Gasteiger partial charge in [-0.15, -0.1) is 12.4 Å². The van der Waals surface area contributed by atoms with Gasteiger partial charge in [-0.3, -0.25) is 9.59 Å². The molecule has 0 aliphatic heterocycles. The summed E-state index contributed by atoms with van der Waals surface area (Å²) in [7, 11) is 1.75. The Hall–Kier alpha value is -0.810. The van der Waals surface area contributed by atoms with E-state index in [0.29, 0.717) is 13.2 Å². The maximum Gasteiger partial charge on any atom is 0.308 e. The molecule has 5 nitrogen and oxygen atoms in total. The van der Waals surface area contributed by atoms with Crippen molar-refractivity contribution in [2.24, 2.45) is 5.92 Å². The van der Waals surface area contributed by atoms with Crippen molar-refractivity contribution >= 4 is 24.3 Å². The molecule has 1 rings (SSSR count). The van der Waals surface area contributed by atoms with Crippen LogP contribution in [0.1, 0.15) is 32.6 Å². The number of amides is 1. The third kappa shape index (κ3) is 5.69. The van der Waals surface area contributed by atoms with Crippen LogP contribution in [0.2, 0.25) is 0 Å². The van der Waals surface area contributed by atoms with E-state index in [2.05, 4.69) is 10.6 Å². The zero-order valence-electron chi connectivity index (χ0n) is 11.0. The maximum atomic E-state index is 11.5. The molecule has 2 N–H and O–H groups in total. The van der Waals surface area contributed by atoms with Gasteiger partial charge in [0.25, 0.3) is 0 Å². The summed E-state index contributed by atoms with van der Waals surface area (Å²) in [5.41, 5.74) is 0. The number of carbonyl (C=O) groups is 2. The predicted molar refractivity (Wildman–Crippen MR) is 71.7 cm³/mol. The van der Waals surface area contributed by atoms with Crippen LogP contribution in [0.15, 0.2) is 0 Å². The standard InChI is InChI=1S/C12H22N2O3.ClH/c1-3-17-12(16)9-4-6-10(7-5-9)14-11(15)8-13-2;/h9-10,13H,3-8H2,1-2H3,(H,14,15);1H. The monoisotopic (exact) mass is 278 g/mol. The van der Waals surface area contributed by atoms with Gasteiger partial charge in [0, 0.05) is 6.04 Å². The second-order valence-electron chi connectivity index (χ2n) is 4.40. The van der Waals surface area contributed by atoms with E-state index < -0.39 is 0 Å². The van der Waals surface area contributed by atoms with E-state index in [9.17, 15) is 9.59 Å². The Kier molecular flexibility index (Phi) is 8.75. The first-order valence-corrected chi connectivity index (χ1v) is 6.28. The minimum absolute atomic E-state index is 0. The lowest BCUT2D eigenvalue weighted by Crippen LogP contribution is -2.42. The summed E-state index contributed by atoms with van der Waals surface area (Å²) in [5.74, 6) is -0.0491. The molecule has 0 aromatic rings. The summed E-state index contributed by atoms with van der Waals surface area (Å²) in [5, 5.41) is 5.77. The normalized spacial score (nSPS) is 22.8. The molecular formula is C12H23ClN2O3. The fraction of sp³-hybridized carbons (Fsp3) is 0.833. The molecular weight excluding hydrogens is 256 g/mol. The lowest BCUT2D eigenvalue weighted by molar-refractivity contribution is -0.149. The van der Waals surface area contributed by atoms with E-state index in [4.69, 9.17) is 4.74 Å². The number of rotatable bonds is 5. The Morgan fingerprint density at radius 2 is 1.83 bits per heavy atom. The van der Waals surface area contributed by atoms with Crippen molar-refractivity contribution in [3.8, 4) is 0 Å². The smallest absolute Gasteiger partial charge is 0.308 e. The van der Waals surface area contributed by atoms with Crippen LogP contribution < -0.4 is 10.6 Å². The van der Waals surface area contributed by atoms with Gasteiger partial charge in [-0.1, -0.05) is 0 Å². The molecule has 0 radical (unpaired) electrons. The minimum atomic E-state index is -0.0903. The summed E-state index contributed by atoms with van der Waals surface area (Å²) >= 11 is 0. The van der Waals surface area contributed by atoms with Crippen molar-refractivity contribution in [3.63, 3.8) is 0 Å². The summed E-state index contributed by atoms with van der Waals surface area (Å²) in [6, 6.07) is 0.210. The zero-order chi connectivity index (χ0) is 12.7. The van der Waals surface area contributed by atoms with Crippen molar-refractivity contribution < 1.29 is 14.3 Å². The third-order valence-corrected chi connectivity index (χ3v) is 3.05. The van der Waals surface area contributed by atoms with Crippen LogP contribution in [0, 0.1) is 5.92 Å². The van der Waals surface area contributed by atoms with Gasteiger partial charge in [0.2, 0.25) is 5.91 Å². The van der Waals surface area contributed by atoms with E-state index in [1.165, 1.54) is 0 Å². The second-order valence-corrected chi connectivity index (χ2v) is 4.40. The highest BCUT2D eigenvalue weighted by Gasteiger charge is 2.27. The van der Waals surface area contributed by atoms with Gasteiger partial charge in [0.15, 0.2) is 0 Å². The number of likely N-dealkylation sites (N-methyl/N-ethyl adjacent to an activating group) is 1. The van der Waals surface area contributed by atoms with Gasteiger partial charge in [0.05, 0.1) is 19.1 Å². The van der Waals surface area contributed by atoms with Crippen molar-refractivity contribution in [2.75, 3.05) is 20.2 Å². The van der Waals surface area contributed by atoms with Gasteiger partial charge in [0.1, 0.15) is 0 Å². The lowest BCUT2D eigenvalue weighted by atomic mass is 9.86. The first-order chi connectivity index (χ1) is 8.17. The van der Waals surface area contributed by atoms with E-state index in [1.807, 2.05) is 6.92 Å². The number of ether oxygens (including phenoxy) is 1. The van der Waals surface area contributed by atoms with Crippen LogP contribution in [0.25, 0.3) is 0 Å². The van der Waals surface area contributed by atoms with Gasteiger partial charge >= 0.3 is 5.97 Å². The third-order valence-electron chi connectivity index (χ3n) is 3.05. The van der Waals surface area contributed by atoms with Crippen LogP contribution in [0.4, 0.5) is 0 Å². The topological polar surface area (TPSA) is 67.4 Å². The molecule has 0 bridgehead atoms. The van der Waals surface area contributed by atoms with Crippen molar-refractivity contribution in [2.45, 2.75) is 38.6 Å². The Bertz CT molecular complexity index is 266. The van der Waals surface area contributed by atoms with Gasteiger partial charge < -0.3 is 15.4 Å². The Morgan fingerprint density at radius 1 is 1.22 bits per heavy atom. The zero-order valence-corrected chi connectivity index (χ0v) is 11.8. The fourth-order valence-electron chi connectivity index (χ4n) is 2.17. The summed E-state index contributed by atoms with van der Waals surface area (Å²) < 4.78 is 5.00. The number of halogens is 1. The molecule has 0 saturated heterocycles. The molecule has 0 atom stereocenters. The summed E-state index contributed by atoms with van der Waals surface area (Å²) in [4.78, 5) is 22.9. The van der Waals surface area contributed by atoms with Crippen molar-refractivity contribution in [3.05, 3.63) is 0 Å². The summed E-state index contributed by atoms with van der Waals surface area (Å²) in [6.07, 6.45) is 3.34.